The summed E-state index contributed by atoms with van der Waals surface area (Å²) in [6, 6.07) is 8.48. The van der Waals surface area contributed by atoms with Gasteiger partial charge in [0, 0.05) is 43.4 Å². The van der Waals surface area contributed by atoms with E-state index in [1.165, 1.54) is 11.1 Å². The first-order chi connectivity index (χ1) is 11.4. The molecule has 2 aliphatic heterocycles. The minimum atomic E-state index is 0.298. The molecule has 0 amide bonds. The molecule has 2 aliphatic rings. The number of rotatable bonds is 3. The van der Waals surface area contributed by atoms with E-state index >= 15 is 0 Å². The molecular weight excluding hydrogens is 288 g/mol. The van der Waals surface area contributed by atoms with Gasteiger partial charge in [0.1, 0.15) is 17.4 Å². The van der Waals surface area contributed by atoms with Gasteiger partial charge in [0.25, 0.3) is 0 Å². The molecule has 2 fully saturated rings. The molecule has 0 aliphatic carbocycles. The third kappa shape index (κ3) is 3.12. The average Bonchev–Trinajstić information content (AvgIpc) is 2.64. The number of benzene rings is 1. The Bertz CT molecular complexity index is 663. The first-order valence-corrected chi connectivity index (χ1v) is 8.62. The largest absolute Gasteiger partial charge is 0.488 e. The Labute approximate surface area is 137 Å². The number of nitrogens with one attached hydrogen (secondary N) is 2. The monoisotopic (exact) mass is 312 g/mol. The van der Waals surface area contributed by atoms with Gasteiger partial charge in [-0.25, -0.2) is 0 Å². The van der Waals surface area contributed by atoms with Crippen LogP contribution >= 0.6 is 0 Å². The van der Waals surface area contributed by atoms with Crippen molar-refractivity contribution in [2.75, 3.05) is 44.2 Å². The van der Waals surface area contributed by atoms with E-state index in [1.54, 1.807) is 0 Å². The molecule has 5 nitrogen and oxygen atoms in total. The van der Waals surface area contributed by atoms with Crippen LogP contribution in [0.3, 0.4) is 0 Å². The molecule has 0 atom stereocenters. The molecule has 1 aromatic carbocycles. The van der Waals surface area contributed by atoms with Crippen molar-refractivity contribution in [1.82, 2.24) is 15.6 Å². The van der Waals surface area contributed by atoms with Gasteiger partial charge in [0.2, 0.25) is 0 Å². The smallest absolute Gasteiger partial charge is 0.146 e. The molecule has 0 saturated carbocycles. The number of nitrogens with zero attached hydrogens (tertiary/aromatic N) is 2. The maximum atomic E-state index is 6.28. The fraction of sp³-hybridized carbons (Fsp3) is 0.500. The highest BCUT2D eigenvalue weighted by atomic mass is 16.5. The van der Waals surface area contributed by atoms with E-state index in [-0.39, 0.29) is 0 Å². The van der Waals surface area contributed by atoms with Crippen LogP contribution in [0.4, 0.5) is 5.69 Å². The van der Waals surface area contributed by atoms with E-state index in [0.29, 0.717) is 6.10 Å². The number of fused-ring (bicyclic) bond motifs is 1. The quantitative estimate of drug-likeness (QED) is 0.905. The van der Waals surface area contributed by atoms with E-state index in [4.69, 9.17) is 4.74 Å². The standard InChI is InChI=1S/C18H24N4O/c1-2-15-16(22-12-10-20-11-13-22)3-4-17(18(15)21-7-1)23-14-5-8-19-9-6-14/h1-4,7,14,19-20H,5-6,8-13H2. The molecule has 2 N–H and O–H groups in total. The fourth-order valence-corrected chi connectivity index (χ4v) is 3.50. The highest BCUT2D eigenvalue weighted by Gasteiger charge is 2.19. The number of hydrogen-bond acceptors (Lipinski definition) is 5. The second kappa shape index (κ2) is 6.72. The maximum Gasteiger partial charge on any atom is 0.146 e. The summed E-state index contributed by atoms with van der Waals surface area (Å²) in [7, 11) is 0. The minimum absolute atomic E-state index is 0.298. The molecule has 2 aromatic rings. The van der Waals surface area contributed by atoms with Gasteiger partial charge in [-0.1, -0.05) is 0 Å². The van der Waals surface area contributed by atoms with Crippen molar-refractivity contribution in [2.45, 2.75) is 18.9 Å². The molecular formula is C18H24N4O. The summed E-state index contributed by atoms with van der Waals surface area (Å²) in [6.45, 7) is 6.23. The van der Waals surface area contributed by atoms with Crippen molar-refractivity contribution < 1.29 is 4.74 Å². The van der Waals surface area contributed by atoms with Crippen LogP contribution in [0.15, 0.2) is 30.5 Å². The van der Waals surface area contributed by atoms with Crippen LogP contribution in [0, 0.1) is 0 Å². The molecule has 2 saturated heterocycles. The van der Waals surface area contributed by atoms with E-state index in [2.05, 4.69) is 38.7 Å². The van der Waals surface area contributed by atoms with Crippen LogP contribution in [0.2, 0.25) is 0 Å². The highest BCUT2D eigenvalue weighted by Crippen LogP contribution is 2.33. The lowest BCUT2D eigenvalue weighted by molar-refractivity contribution is 0.164. The summed E-state index contributed by atoms with van der Waals surface area (Å²) < 4.78 is 6.28. The molecule has 0 bridgehead atoms. The average molecular weight is 312 g/mol. The van der Waals surface area contributed by atoms with Gasteiger partial charge in [-0.2, -0.15) is 0 Å². The fourth-order valence-electron chi connectivity index (χ4n) is 3.50. The molecule has 0 unspecified atom stereocenters. The number of hydrogen-bond donors (Lipinski definition) is 2. The molecule has 5 heteroatoms. The first-order valence-electron chi connectivity index (χ1n) is 8.62. The van der Waals surface area contributed by atoms with Crippen LogP contribution in [-0.4, -0.2) is 50.4 Å². The molecule has 1 aromatic heterocycles. The molecule has 3 heterocycles. The van der Waals surface area contributed by atoms with Crippen LogP contribution in [0.1, 0.15) is 12.8 Å². The normalized spacial score (nSPS) is 19.9. The van der Waals surface area contributed by atoms with E-state index in [0.717, 1.165) is 63.4 Å². The highest BCUT2D eigenvalue weighted by molar-refractivity contribution is 5.95. The zero-order valence-electron chi connectivity index (χ0n) is 13.4. The van der Waals surface area contributed by atoms with E-state index in [9.17, 15) is 0 Å². The topological polar surface area (TPSA) is 49.4 Å². The van der Waals surface area contributed by atoms with Crippen molar-refractivity contribution in [3.63, 3.8) is 0 Å². The lowest BCUT2D eigenvalue weighted by Gasteiger charge is -2.31. The van der Waals surface area contributed by atoms with Gasteiger partial charge in [-0.3, -0.25) is 4.98 Å². The Kier molecular flexibility index (Phi) is 4.30. The van der Waals surface area contributed by atoms with Crippen molar-refractivity contribution >= 4 is 16.6 Å². The Morgan fingerprint density at radius 3 is 2.61 bits per heavy atom. The summed E-state index contributed by atoms with van der Waals surface area (Å²) in [4.78, 5) is 7.06. The predicted molar refractivity (Wildman–Crippen MR) is 93.3 cm³/mol. The maximum absolute atomic E-state index is 6.28. The van der Waals surface area contributed by atoms with Gasteiger partial charge in [-0.05, 0) is 50.2 Å². The van der Waals surface area contributed by atoms with Crippen molar-refractivity contribution in [3.8, 4) is 5.75 Å². The Balaban J connectivity index is 1.67. The summed E-state index contributed by atoms with van der Waals surface area (Å²) >= 11 is 0. The molecule has 4 rings (SSSR count). The molecule has 122 valence electrons. The Morgan fingerprint density at radius 2 is 1.78 bits per heavy atom. The van der Waals surface area contributed by atoms with Crippen LogP contribution in [0.5, 0.6) is 5.75 Å². The summed E-state index contributed by atoms with van der Waals surface area (Å²) in [5.41, 5.74) is 2.26. The summed E-state index contributed by atoms with van der Waals surface area (Å²) in [5, 5.41) is 7.99. The van der Waals surface area contributed by atoms with Crippen LogP contribution in [0.25, 0.3) is 10.9 Å². The van der Waals surface area contributed by atoms with Gasteiger partial charge in [-0.15, -0.1) is 0 Å². The second-order valence-electron chi connectivity index (χ2n) is 6.29. The Hall–Kier alpha value is -1.85. The number of piperazine rings is 1. The van der Waals surface area contributed by atoms with Gasteiger partial charge in [0.15, 0.2) is 0 Å². The van der Waals surface area contributed by atoms with Crippen LogP contribution in [-0.2, 0) is 0 Å². The summed E-state index contributed by atoms with van der Waals surface area (Å²) in [6.07, 6.45) is 4.28. The molecule has 23 heavy (non-hydrogen) atoms. The first kappa shape index (κ1) is 14.7. The lowest BCUT2D eigenvalue weighted by Crippen LogP contribution is -2.43. The van der Waals surface area contributed by atoms with Gasteiger partial charge in [0.05, 0.1) is 0 Å². The number of aromatic nitrogens is 1. The van der Waals surface area contributed by atoms with Crippen molar-refractivity contribution in [2.24, 2.45) is 0 Å². The van der Waals surface area contributed by atoms with E-state index in [1.807, 2.05) is 12.3 Å². The minimum Gasteiger partial charge on any atom is -0.488 e. The number of ether oxygens (including phenoxy) is 1. The third-order valence-corrected chi connectivity index (χ3v) is 4.75. The molecule has 0 radical (unpaired) electrons. The third-order valence-electron chi connectivity index (χ3n) is 4.75. The van der Waals surface area contributed by atoms with Gasteiger partial charge < -0.3 is 20.3 Å². The van der Waals surface area contributed by atoms with Crippen molar-refractivity contribution in [3.05, 3.63) is 30.5 Å². The number of anilines is 1. The SMILES string of the molecule is c1cnc2c(OC3CCNCC3)ccc(N3CCNCC3)c2c1. The Morgan fingerprint density at radius 1 is 1.00 bits per heavy atom. The zero-order chi connectivity index (χ0) is 15.5. The summed E-state index contributed by atoms with van der Waals surface area (Å²) in [5.74, 6) is 0.923. The molecule has 0 spiro atoms. The zero-order valence-corrected chi connectivity index (χ0v) is 13.4. The predicted octanol–water partition coefficient (Wildman–Crippen LogP) is 1.78. The second-order valence-corrected chi connectivity index (χ2v) is 6.29. The van der Waals surface area contributed by atoms with Crippen molar-refractivity contribution in [1.29, 1.82) is 0 Å². The van der Waals surface area contributed by atoms with Gasteiger partial charge >= 0.3 is 0 Å². The lowest BCUT2D eigenvalue weighted by atomic mass is 10.1. The van der Waals surface area contributed by atoms with Crippen LogP contribution < -0.4 is 20.3 Å². The number of piperidine rings is 1. The number of pyridine rings is 1. The van der Waals surface area contributed by atoms with E-state index < -0.39 is 0 Å².